The van der Waals surface area contributed by atoms with E-state index in [1.54, 1.807) is 0 Å². The first-order valence-electron chi connectivity index (χ1n) is 2.60. The minimum absolute atomic E-state index is 0.107. The number of pyridine rings is 1. The maximum absolute atomic E-state index is 12.6. The number of hydrogen-bond acceptors (Lipinski definition) is 3. The van der Waals surface area contributed by atoms with Crippen molar-refractivity contribution in [3.05, 3.63) is 23.8 Å². The summed E-state index contributed by atoms with van der Waals surface area (Å²) in [5.41, 5.74) is 4.88. The van der Waals surface area contributed by atoms with Crippen LogP contribution in [0.5, 0.6) is 0 Å². The predicted octanol–water partition coefficient (Wildman–Crippen LogP) is 0.615. The van der Waals surface area contributed by atoms with Gasteiger partial charge in [0, 0.05) is 6.20 Å². The number of nitrogen functional groups attached to an aromatic ring is 1. The Kier molecular flexibility index (Phi) is 1.62. The second-order valence-electron chi connectivity index (χ2n) is 1.75. The third kappa shape index (κ3) is 0.953. The number of nitrogens with two attached hydrogens (primary N) is 1. The summed E-state index contributed by atoms with van der Waals surface area (Å²) in [5.74, 6) is -0.704. The minimum atomic E-state index is -0.704. The van der Waals surface area contributed by atoms with Crippen molar-refractivity contribution in [2.24, 2.45) is 0 Å². The fourth-order valence-electron chi connectivity index (χ4n) is 0.560. The number of carbonyl (C=O) groups is 1. The van der Waals surface area contributed by atoms with Crippen LogP contribution in [0.15, 0.2) is 12.4 Å². The van der Waals surface area contributed by atoms with Crippen molar-refractivity contribution in [2.75, 3.05) is 5.73 Å². The molecule has 0 aromatic carbocycles. The monoisotopic (exact) mass is 140 g/mol. The molecule has 1 heterocycles. The molecule has 0 fully saturated rings. The number of halogens is 1. The van der Waals surface area contributed by atoms with Crippen LogP contribution in [0.2, 0.25) is 0 Å². The molecule has 1 aromatic heterocycles. The SMILES string of the molecule is Nc1cncc(C=O)c1F. The number of aromatic nitrogens is 1. The molecule has 0 amide bonds. The Morgan fingerprint density at radius 2 is 2.30 bits per heavy atom. The van der Waals surface area contributed by atoms with Crippen LogP contribution in [0, 0.1) is 5.82 Å². The maximum atomic E-state index is 12.6. The number of hydrogen-bond donors (Lipinski definition) is 1. The molecule has 52 valence electrons. The summed E-state index contributed by atoms with van der Waals surface area (Å²) in [4.78, 5) is 13.6. The quantitative estimate of drug-likeness (QED) is 0.581. The topological polar surface area (TPSA) is 56.0 Å². The summed E-state index contributed by atoms with van der Waals surface area (Å²) in [6.45, 7) is 0. The Hall–Kier alpha value is -1.45. The van der Waals surface area contributed by atoms with E-state index >= 15 is 0 Å². The van der Waals surface area contributed by atoms with Crippen molar-refractivity contribution in [2.45, 2.75) is 0 Å². The van der Waals surface area contributed by atoms with Gasteiger partial charge in [0.05, 0.1) is 17.4 Å². The Morgan fingerprint density at radius 3 is 2.80 bits per heavy atom. The molecule has 0 unspecified atom stereocenters. The van der Waals surface area contributed by atoms with Crippen LogP contribution in [0.4, 0.5) is 10.1 Å². The van der Waals surface area contributed by atoms with Gasteiger partial charge in [-0.05, 0) is 0 Å². The lowest BCUT2D eigenvalue weighted by Gasteiger charge is -1.95. The van der Waals surface area contributed by atoms with Gasteiger partial charge in [0.2, 0.25) is 0 Å². The van der Waals surface area contributed by atoms with Crippen LogP contribution >= 0.6 is 0 Å². The van der Waals surface area contributed by atoms with E-state index in [0.29, 0.717) is 6.29 Å². The summed E-state index contributed by atoms with van der Waals surface area (Å²) in [7, 11) is 0. The molecule has 0 bridgehead atoms. The maximum Gasteiger partial charge on any atom is 0.159 e. The summed E-state index contributed by atoms with van der Waals surface area (Å²) in [5, 5.41) is 0. The van der Waals surface area contributed by atoms with E-state index in [9.17, 15) is 9.18 Å². The molecule has 0 atom stereocenters. The van der Waals surface area contributed by atoms with Gasteiger partial charge in [-0.15, -0.1) is 0 Å². The highest BCUT2D eigenvalue weighted by Crippen LogP contribution is 2.09. The number of rotatable bonds is 1. The first-order chi connectivity index (χ1) is 4.75. The van der Waals surface area contributed by atoms with E-state index in [0.717, 1.165) is 12.4 Å². The second kappa shape index (κ2) is 2.43. The first kappa shape index (κ1) is 6.67. The lowest BCUT2D eigenvalue weighted by atomic mass is 10.3. The van der Waals surface area contributed by atoms with Crippen LogP contribution in [-0.2, 0) is 0 Å². The van der Waals surface area contributed by atoms with Crippen LogP contribution in [0.1, 0.15) is 10.4 Å². The minimum Gasteiger partial charge on any atom is -0.395 e. The van der Waals surface area contributed by atoms with Gasteiger partial charge in [-0.3, -0.25) is 9.78 Å². The second-order valence-corrected chi connectivity index (χ2v) is 1.75. The van der Waals surface area contributed by atoms with Gasteiger partial charge in [-0.1, -0.05) is 0 Å². The Morgan fingerprint density at radius 1 is 1.60 bits per heavy atom. The summed E-state index contributed by atoms with van der Waals surface area (Å²) >= 11 is 0. The summed E-state index contributed by atoms with van der Waals surface area (Å²) < 4.78 is 12.6. The van der Waals surface area contributed by atoms with E-state index in [4.69, 9.17) is 5.73 Å². The Labute approximate surface area is 56.7 Å². The van der Waals surface area contributed by atoms with E-state index in [2.05, 4.69) is 4.98 Å². The van der Waals surface area contributed by atoms with Crippen LogP contribution in [0.25, 0.3) is 0 Å². The third-order valence-electron chi connectivity index (χ3n) is 1.06. The van der Waals surface area contributed by atoms with Crippen LogP contribution < -0.4 is 5.73 Å². The molecule has 4 heteroatoms. The zero-order valence-electron chi connectivity index (χ0n) is 5.04. The summed E-state index contributed by atoms with van der Waals surface area (Å²) in [6, 6.07) is 0. The molecule has 1 rings (SSSR count). The third-order valence-corrected chi connectivity index (χ3v) is 1.06. The number of aldehydes is 1. The van der Waals surface area contributed by atoms with Crippen molar-refractivity contribution in [3.63, 3.8) is 0 Å². The Bertz CT molecular complexity index is 262. The average molecular weight is 140 g/mol. The van der Waals surface area contributed by atoms with Crippen LogP contribution in [-0.4, -0.2) is 11.3 Å². The van der Waals surface area contributed by atoms with Crippen molar-refractivity contribution in [1.82, 2.24) is 4.98 Å². The smallest absolute Gasteiger partial charge is 0.159 e. The molecule has 2 N–H and O–H groups in total. The molecule has 0 aliphatic heterocycles. The van der Waals surface area contributed by atoms with Crippen LogP contribution in [0.3, 0.4) is 0 Å². The van der Waals surface area contributed by atoms with Gasteiger partial charge in [0.25, 0.3) is 0 Å². The zero-order valence-corrected chi connectivity index (χ0v) is 5.04. The van der Waals surface area contributed by atoms with Gasteiger partial charge in [-0.2, -0.15) is 0 Å². The largest absolute Gasteiger partial charge is 0.395 e. The highest BCUT2D eigenvalue weighted by molar-refractivity contribution is 5.76. The van der Waals surface area contributed by atoms with Gasteiger partial charge < -0.3 is 5.73 Å². The fourth-order valence-corrected chi connectivity index (χ4v) is 0.560. The van der Waals surface area contributed by atoms with Gasteiger partial charge >= 0.3 is 0 Å². The normalized spacial score (nSPS) is 9.30. The molecular weight excluding hydrogens is 135 g/mol. The van der Waals surface area contributed by atoms with E-state index < -0.39 is 5.82 Å². The number of anilines is 1. The van der Waals surface area contributed by atoms with Crippen molar-refractivity contribution in [3.8, 4) is 0 Å². The number of nitrogens with zero attached hydrogens (tertiary/aromatic N) is 1. The van der Waals surface area contributed by atoms with Crippen molar-refractivity contribution < 1.29 is 9.18 Å². The predicted molar refractivity (Wildman–Crippen MR) is 34.0 cm³/mol. The Balaban J connectivity index is 3.27. The van der Waals surface area contributed by atoms with Crippen molar-refractivity contribution in [1.29, 1.82) is 0 Å². The fraction of sp³-hybridized carbons (Fsp3) is 0. The lowest BCUT2D eigenvalue weighted by molar-refractivity contribution is 0.111. The molecule has 0 aliphatic rings. The molecule has 0 spiro atoms. The summed E-state index contributed by atoms with van der Waals surface area (Å²) in [6.07, 6.45) is 2.65. The highest BCUT2D eigenvalue weighted by Gasteiger charge is 2.03. The average Bonchev–Trinajstić information content (AvgIpc) is 1.95. The molecule has 3 nitrogen and oxygen atoms in total. The highest BCUT2D eigenvalue weighted by atomic mass is 19.1. The van der Waals surface area contributed by atoms with Crippen molar-refractivity contribution >= 4 is 12.0 Å². The van der Waals surface area contributed by atoms with Gasteiger partial charge in [0.1, 0.15) is 0 Å². The standard InChI is InChI=1S/C6H5FN2O/c7-6-4(3-10)1-9-2-5(6)8/h1-3H,8H2. The lowest BCUT2D eigenvalue weighted by Crippen LogP contribution is -1.96. The molecule has 0 saturated heterocycles. The molecule has 10 heavy (non-hydrogen) atoms. The molecule has 0 saturated carbocycles. The number of carbonyl (C=O) groups excluding carboxylic acids is 1. The molecule has 0 aliphatic carbocycles. The van der Waals surface area contributed by atoms with Gasteiger partial charge in [0.15, 0.2) is 12.1 Å². The molecule has 0 radical (unpaired) electrons. The van der Waals surface area contributed by atoms with E-state index in [-0.39, 0.29) is 11.3 Å². The molecule has 1 aromatic rings. The molecular formula is C6H5FN2O. The first-order valence-corrected chi connectivity index (χ1v) is 2.60. The zero-order chi connectivity index (χ0) is 7.56. The van der Waals surface area contributed by atoms with E-state index in [1.807, 2.05) is 0 Å². The van der Waals surface area contributed by atoms with Gasteiger partial charge in [-0.25, -0.2) is 4.39 Å². The van der Waals surface area contributed by atoms with E-state index in [1.165, 1.54) is 0 Å².